The van der Waals surface area contributed by atoms with Crippen LogP contribution >= 0.6 is 0 Å². The van der Waals surface area contributed by atoms with E-state index in [1.165, 1.54) is 11.0 Å². The zero-order valence-corrected chi connectivity index (χ0v) is 29.3. The molecule has 11 heteroatoms. The molecule has 1 aliphatic carbocycles. The smallest absolute Gasteiger partial charge is 0.408 e. The molecular formula is C38H52N4O7. The van der Waals surface area contributed by atoms with Gasteiger partial charge in [-0.3, -0.25) is 19.2 Å². The standard InChI is InChI=1S/C38H52N4O7/c1-6-14-30(33(43)35(45)39-21-7-2)40-34(44)31-22-28(48-24-27-19-13-18-25-15-11-12-20-29(25)27)23-42(31)36(46)32(26-16-9-8-10-17-26)41-37(47)49-38(3,4)5/h7,11-13,15,18-20,26,28,30-32H,2,6,8-10,14,16-17,21-24H2,1,3-5H3,(H,39,45)(H,40,44)(H,41,47)/t28-,30?,31+,32+/m1/s1. The van der Waals surface area contributed by atoms with Gasteiger partial charge in [-0.25, -0.2) is 4.79 Å². The lowest BCUT2D eigenvalue weighted by atomic mass is 9.83. The summed E-state index contributed by atoms with van der Waals surface area (Å²) in [5.41, 5.74) is 0.217. The molecule has 0 radical (unpaired) electrons. The van der Waals surface area contributed by atoms with Crippen molar-refractivity contribution in [2.24, 2.45) is 5.92 Å². The molecule has 266 valence electrons. The van der Waals surface area contributed by atoms with Gasteiger partial charge in [-0.1, -0.05) is 81.1 Å². The highest BCUT2D eigenvalue weighted by Crippen LogP contribution is 2.31. The van der Waals surface area contributed by atoms with Crippen LogP contribution in [0.5, 0.6) is 0 Å². The largest absolute Gasteiger partial charge is 0.444 e. The summed E-state index contributed by atoms with van der Waals surface area (Å²) < 4.78 is 11.9. The number of carbonyl (C=O) groups is 5. The molecule has 1 unspecified atom stereocenters. The van der Waals surface area contributed by atoms with E-state index in [2.05, 4.69) is 22.5 Å². The number of ether oxygens (including phenoxy) is 2. The summed E-state index contributed by atoms with van der Waals surface area (Å²) in [6.07, 6.45) is 5.67. The van der Waals surface area contributed by atoms with Crippen LogP contribution in [-0.2, 0) is 35.3 Å². The van der Waals surface area contributed by atoms with Gasteiger partial charge >= 0.3 is 6.09 Å². The second-order valence-electron chi connectivity index (χ2n) is 14.0. The van der Waals surface area contributed by atoms with E-state index in [0.717, 1.165) is 48.4 Å². The van der Waals surface area contributed by atoms with E-state index in [4.69, 9.17) is 9.47 Å². The highest BCUT2D eigenvalue weighted by molar-refractivity contribution is 6.38. The fraction of sp³-hybridized carbons (Fsp3) is 0.553. The number of nitrogens with zero attached hydrogens (tertiary/aromatic N) is 1. The van der Waals surface area contributed by atoms with Gasteiger partial charge in [0.05, 0.1) is 18.8 Å². The predicted octanol–water partition coefficient (Wildman–Crippen LogP) is 4.96. The number of likely N-dealkylation sites (tertiary alicyclic amines) is 1. The van der Waals surface area contributed by atoms with Crippen molar-refractivity contribution in [1.82, 2.24) is 20.9 Å². The van der Waals surface area contributed by atoms with E-state index in [0.29, 0.717) is 6.42 Å². The molecule has 1 saturated heterocycles. The Morgan fingerprint density at radius 2 is 1.71 bits per heavy atom. The molecule has 49 heavy (non-hydrogen) atoms. The zero-order valence-electron chi connectivity index (χ0n) is 29.3. The third-order valence-corrected chi connectivity index (χ3v) is 9.10. The fourth-order valence-corrected chi connectivity index (χ4v) is 6.73. The quantitative estimate of drug-likeness (QED) is 0.190. The normalized spacial score (nSPS) is 19.5. The van der Waals surface area contributed by atoms with Gasteiger partial charge in [0, 0.05) is 19.5 Å². The molecule has 2 aromatic carbocycles. The molecular weight excluding hydrogens is 624 g/mol. The average molecular weight is 677 g/mol. The maximum atomic E-state index is 14.5. The number of benzene rings is 2. The maximum absolute atomic E-state index is 14.5. The van der Waals surface area contributed by atoms with Crippen LogP contribution in [0.4, 0.5) is 4.79 Å². The van der Waals surface area contributed by atoms with Crippen LogP contribution in [0.25, 0.3) is 10.8 Å². The third kappa shape index (κ3) is 10.4. The van der Waals surface area contributed by atoms with Gasteiger partial charge in [0.15, 0.2) is 0 Å². The first-order valence-electron chi connectivity index (χ1n) is 17.5. The Kier molecular flexibility index (Phi) is 13.4. The molecule has 4 rings (SSSR count). The summed E-state index contributed by atoms with van der Waals surface area (Å²) >= 11 is 0. The Balaban J connectivity index is 1.60. The molecule has 4 atom stereocenters. The van der Waals surface area contributed by atoms with E-state index < -0.39 is 59.4 Å². The van der Waals surface area contributed by atoms with E-state index in [9.17, 15) is 24.0 Å². The van der Waals surface area contributed by atoms with Crippen molar-refractivity contribution in [1.29, 1.82) is 0 Å². The number of carbonyl (C=O) groups excluding carboxylic acids is 5. The SMILES string of the molecule is C=CCNC(=O)C(=O)C(CCC)NC(=O)[C@@H]1C[C@@H](OCc2cccc3ccccc23)CN1C(=O)[C@@H](NC(=O)OC(C)(C)C)C1CCCCC1. The van der Waals surface area contributed by atoms with Crippen LogP contribution in [0, 0.1) is 5.92 Å². The monoisotopic (exact) mass is 676 g/mol. The van der Waals surface area contributed by atoms with Crippen molar-refractivity contribution in [3.63, 3.8) is 0 Å². The average Bonchev–Trinajstić information content (AvgIpc) is 3.52. The number of alkyl carbamates (subject to hydrolysis) is 1. The molecule has 2 fully saturated rings. The summed E-state index contributed by atoms with van der Waals surface area (Å²) in [5.74, 6) is -2.64. The van der Waals surface area contributed by atoms with Crippen molar-refractivity contribution < 1.29 is 33.4 Å². The highest BCUT2D eigenvalue weighted by Gasteiger charge is 2.45. The van der Waals surface area contributed by atoms with Crippen LogP contribution in [0.15, 0.2) is 55.1 Å². The number of ketones is 1. The number of amides is 4. The minimum Gasteiger partial charge on any atom is -0.444 e. The fourth-order valence-electron chi connectivity index (χ4n) is 6.73. The van der Waals surface area contributed by atoms with E-state index in [1.54, 1.807) is 20.8 Å². The van der Waals surface area contributed by atoms with Gasteiger partial charge in [-0.2, -0.15) is 0 Å². The lowest BCUT2D eigenvalue weighted by Crippen LogP contribution is -2.58. The van der Waals surface area contributed by atoms with E-state index in [-0.39, 0.29) is 38.5 Å². The maximum Gasteiger partial charge on any atom is 0.408 e. The summed E-state index contributed by atoms with van der Waals surface area (Å²) in [4.78, 5) is 68.6. The van der Waals surface area contributed by atoms with Gasteiger partial charge in [-0.15, -0.1) is 6.58 Å². The lowest BCUT2D eigenvalue weighted by Gasteiger charge is -2.35. The van der Waals surface area contributed by atoms with Crippen LogP contribution < -0.4 is 16.0 Å². The van der Waals surface area contributed by atoms with Gasteiger partial charge in [0.1, 0.15) is 17.7 Å². The Morgan fingerprint density at radius 1 is 1.00 bits per heavy atom. The summed E-state index contributed by atoms with van der Waals surface area (Å²) in [6, 6.07) is 11.0. The number of fused-ring (bicyclic) bond motifs is 1. The molecule has 0 spiro atoms. The molecule has 1 saturated carbocycles. The molecule has 1 heterocycles. The van der Waals surface area contributed by atoms with E-state index in [1.807, 2.05) is 49.4 Å². The first kappa shape index (κ1) is 37.6. The highest BCUT2D eigenvalue weighted by atomic mass is 16.6. The number of hydrogen-bond acceptors (Lipinski definition) is 7. The Hall–Kier alpha value is -4.25. The second kappa shape index (κ2) is 17.4. The van der Waals surface area contributed by atoms with Gasteiger partial charge in [0.25, 0.3) is 5.91 Å². The Bertz CT molecular complexity index is 1490. The molecule has 11 nitrogen and oxygen atoms in total. The van der Waals surface area contributed by atoms with Crippen LogP contribution in [-0.4, -0.2) is 77.4 Å². The second-order valence-corrected chi connectivity index (χ2v) is 14.0. The van der Waals surface area contributed by atoms with Gasteiger partial charge < -0.3 is 30.3 Å². The summed E-state index contributed by atoms with van der Waals surface area (Å²) in [5, 5.41) is 10.2. The van der Waals surface area contributed by atoms with Crippen molar-refractivity contribution in [3.8, 4) is 0 Å². The van der Waals surface area contributed by atoms with Crippen LogP contribution in [0.2, 0.25) is 0 Å². The van der Waals surface area contributed by atoms with E-state index >= 15 is 0 Å². The number of Topliss-reactive ketones (excluding diaryl/α,β-unsaturated/α-hetero) is 1. The molecule has 4 amide bonds. The number of rotatable bonds is 14. The summed E-state index contributed by atoms with van der Waals surface area (Å²) in [6.45, 7) is 11.2. The topological polar surface area (TPSA) is 143 Å². The summed E-state index contributed by atoms with van der Waals surface area (Å²) in [7, 11) is 0. The van der Waals surface area contributed by atoms with Crippen molar-refractivity contribution >= 4 is 40.4 Å². The molecule has 2 aliphatic rings. The third-order valence-electron chi connectivity index (χ3n) is 9.10. The molecule has 1 aliphatic heterocycles. The van der Waals surface area contributed by atoms with Crippen molar-refractivity contribution in [2.75, 3.05) is 13.1 Å². The van der Waals surface area contributed by atoms with Crippen LogP contribution in [0.1, 0.15) is 84.6 Å². The molecule has 0 bridgehead atoms. The minimum atomic E-state index is -1.07. The minimum absolute atomic E-state index is 0.116. The number of hydrogen-bond donors (Lipinski definition) is 3. The zero-order chi connectivity index (χ0) is 35.6. The predicted molar refractivity (Wildman–Crippen MR) is 187 cm³/mol. The molecule has 0 aromatic heterocycles. The van der Waals surface area contributed by atoms with Crippen LogP contribution in [0.3, 0.4) is 0 Å². The van der Waals surface area contributed by atoms with Crippen molar-refractivity contribution in [2.45, 2.75) is 115 Å². The van der Waals surface area contributed by atoms with Gasteiger partial charge in [-0.05, 0) is 62.3 Å². The Labute approximate surface area is 289 Å². The van der Waals surface area contributed by atoms with Gasteiger partial charge in [0.2, 0.25) is 17.6 Å². The molecule has 3 N–H and O–H groups in total. The number of nitrogens with one attached hydrogen (secondary N) is 3. The Morgan fingerprint density at radius 3 is 2.41 bits per heavy atom. The lowest BCUT2D eigenvalue weighted by molar-refractivity contribution is -0.143. The first-order chi connectivity index (χ1) is 23.4. The van der Waals surface area contributed by atoms with Crippen molar-refractivity contribution in [3.05, 3.63) is 60.7 Å². The first-order valence-corrected chi connectivity index (χ1v) is 17.5. The molecule has 2 aromatic rings.